The summed E-state index contributed by atoms with van der Waals surface area (Å²) in [6, 6.07) is 8.00. The molecule has 1 aliphatic rings. The molecule has 2 unspecified atom stereocenters. The van der Waals surface area contributed by atoms with Crippen LogP contribution in [0.25, 0.3) is 0 Å². The van der Waals surface area contributed by atoms with Crippen molar-refractivity contribution in [3.8, 4) is 0 Å². The summed E-state index contributed by atoms with van der Waals surface area (Å²) in [5, 5.41) is 14.6. The predicted molar refractivity (Wildman–Crippen MR) is 83.1 cm³/mol. The van der Waals surface area contributed by atoms with Crippen molar-refractivity contribution >= 4 is 23.4 Å². The molecule has 0 bridgehead atoms. The quantitative estimate of drug-likeness (QED) is 0.840. The molecular formula is C15H22ClNOS. The maximum Gasteiger partial charge on any atom is 0.0613 e. The molecule has 1 aromatic carbocycles. The van der Waals surface area contributed by atoms with Gasteiger partial charge in [-0.1, -0.05) is 30.7 Å². The van der Waals surface area contributed by atoms with Crippen LogP contribution in [-0.4, -0.2) is 29.0 Å². The van der Waals surface area contributed by atoms with E-state index in [4.69, 9.17) is 11.6 Å². The van der Waals surface area contributed by atoms with Crippen LogP contribution in [0.3, 0.4) is 0 Å². The van der Waals surface area contributed by atoms with Crippen molar-refractivity contribution in [2.24, 2.45) is 0 Å². The molecule has 106 valence electrons. The molecule has 19 heavy (non-hydrogen) atoms. The zero-order chi connectivity index (χ0) is 13.7. The Labute approximate surface area is 124 Å². The van der Waals surface area contributed by atoms with Gasteiger partial charge in [0.1, 0.15) is 0 Å². The van der Waals surface area contributed by atoms with Crippen LogP contribution in [0.2, 0.25) is 5.02 Å². The molecule has 0 saturated heterocycles. The van der Waals surface area contributed by atoms with Gasteiger partial charge >= 0.3 is 0 Å². The van der Waals surface area contributed by atoms with Gasteiger partial charge in [0.05, 0.1) is 11.6 Å². The summed E-state index contributed by atoms with van der Waals surface area (Å²) in [7, 11) is 0. The van der Waals surface area contributed by atoms with Crippen molar-refractivity contribution in [1.82, 2.24) is 5.32 Å². The molecule has 1 fully saturated rings. The molecular weight excluding hydrogens is 278 g/mol. The average molecular weight is 300 g/mol. The minimum atomic E-state index is -0.0745. The van der Waals surface area contributed by atoms with Crippen molar-refractivity contribution in [3.63, 3.8) is 0 Å². The molecule has 2 N–H and O–H groups in total. The Kier molecular flexibility index (Phi) is 5.58. The van der Waals surface area contributed by atoms with Gasteiger partial charge in [-0.2, -0.15) is 0 Å². The number of benzene rings is 1. The average Bonchev–Trinajstić information content (AvgIpc) is 2.83. The van der Waals surface area contributed by atoms with Crippen LogP contribution in [0, 0.1) is 0 Å². The van der Waals surface area contributed by atoms with Gasteiger partial charge in [-0.05, 0) is 44.4 Å². The molecule has 1 aromatic rings. The monoisotopic (exact) mass is 299 g/mol. The third-order valence-electron chi connectivity index (χ3n) is 3.75. The van der Waals surface area contributed by atoms with Gasteiger partial charge in [-0.25, -0.2) is 0 Å². The van der Waals surface area contributed by atoms with E-state index in [0.29, 0.717) is 5.25 Å². The highest BCUT2D eigenvalue weighted by Crippen LogP contribution is 2.41. The molecule has 0 spiro atoms. The molecule has 0 radical (unpaired) electrons. The number of rotatable bonds is 6. The van der Waals surface area contributed by atoms with Crippen LogP contribution < -0.4 is 5.32 Å². The normalized spacial score (nSPS) is 26.8. The number of aliphatic hydroxyl groups excluding tert-OH is 1. The zero-order valence-corrected chi connectivity index (χ0v) is 12.9. The lowest BCUT2D eigenvalue weighted by atomic mass is 9.99. The third-order valence-corrected chi connectivity index (χ3v) is 5.53. The van der Waals surface area contributed by atoms with E-state index in [9.17, 15) is 5.11 Å². The predicted octanol–water partition coefficient (Wildman–Crippen LogP) is 3.72. The summed E-state index contributed by atoms with van der Waals surface area (Å²) in [6.45, 7) is 3.36. The molecule has 2 atom stereocenters. The van der Waals surface area contributed by atoms with Crippen LogP contribution in [0.5, 0.6) is 0 Å². The summed E-state index contributed by atoms with van der Waals surface area (Å²) in [6.07, 6.45) is 4.29. The Balaban J connectivity index is 1.96. The standard InChI is InChI=1S/C15H22ClNOS/c1-2-9-17-15(11-18)8-7-12(10-15)19-14-6-4-3-5-13(14)16/h3-6,12,17-18H,2,7-11H2,1H3. The highest BCUT2D eigenvalue weighted by atomic mass is 35.5. The lowest BCUT2D eigenvalue weighted by molar-refractivity contribution is 0.165. The summed E-state index contributed by atoms with van der Waals surface area (Å²) in [5.41, 5.74) is -0.0745. The van der Waals surface area contributed by atoms with Crippen LogP contribution in [-0.2, 0) is 0 Å². The number of thioether (sulfide) groups is 1. The van der Waals surface area contributed by atoms with Crippen LogP contribution in [0.15, 0.2) is 29.2 Å². The van der Waals surface area contributed by atoms with Gasteiger partial charge in [-0.3, -0.25) is 0 Å². The smallest absolute Gasteiger partial charge is 0.0613 e. The van der Waals surface area contributed by atoms with E-state index in [1.165, 1.54) is 0 Å². The first-order chi connectivity index (χ1) is 9.19. The van der Waals surface area contributed by atoms with E-state index in [1.54, 1.807) is 0 Å². The Morgan fingerprint density at radius 2 is 2.26 bits per heavy atom. The molecule has 1 aliphatic carbocycles. The molecule has 0 aromatic heterocycles. The number of hydrogen-bond acceptors (Lipinski definition) is 3. The summed E-state index contributed by atoms with van der Waals surface area (Å²) >= 11 is 8.05. The summed E-state index contributed by atoms with van der Waals surface area (Å²) in [4.78, 5) is 1.15. The van der Waals surface area contributed by atoms with E-state index in [0.717, 1.165) is 42.1 Å². The van der Waals surface area contributed by atoms with Gasteiger partial charge in [0.15, 0.2) is 0 Å². The Morgan fingerprint density at radius 3 is 2.95 bits per heavy atom. The van der Waals surface area contributed by atoms with E-state index in [1.807, 2.05) is 30.0 Å². The van der Waals surface area contributed by atoms with Crippen LogP contribution in [0.1, 0.15) is 32.6 Å². The Hall–Kier alpha value is -0.220. The van der Waals surface area contributed by atoms with Crippen molar-refractivity contribution in [2.45, 2.75) is 48.3 Å². The molecule has 0 amide bonds. The van der Waals surface area contributed by atoms with E-state index in [2.05, 4.69) is 18.3 Å². The van der Waals surface area contributed by atoms with Crippen molar-refractivity contribution in [1.29, 1.82) is 0 Å². The van der Waals surface area contributed by atoms with E-state index < -0.39 is 0 Å². The molecule has 2 nitrogen and oxygen atoms in total. The Morgan fingerprint density at radius 1 is 1.47 bits per heavy atom. The fourth-order valence-electron chi connectivity index (χ4n) is 2.65. The highest BCUT2D eigenvalue weighted by Gasteiger charge is 2.38. The maximum atomic E-state index is 9.68. The van der Waals surface area contributed by atoms with E-state index in [-0.39, 0.29) is 12.1 Å². The third kappa shape index (κ3) is 3.88. The van der Waals surface area contributed by atoms with Gasteiger partial charge < -0.3 is 10.4 Å². The van der Waals surface area contributed by atoms with Gasteiger partial charge in [0.25, 0.3) is 0 Å². The molecule has 0 aliphatic heterocycles. The zero-order valence-electron chi connectivity index (χ0n) is 11.4. The van der Waals surface area contributed by atoms with Crippen molar-refractivity contribution in [3.05, 3.63) is 29.3 Å². The lowest BCUT2D eigenvalue weighted by Crippen LogP contribution is -2.46. The first-order valence-electron chi connectivity index (χ1n) is 6.96. The number of nitrogens with one attached hydrogen (secondary N) is 1. The molecule has 1 saturated carbocycles. The number of aliphatic hydroxyl groups is 1. The largest absolute Gasteiger partial charge is 0.394 e. The first kappa shape index (κ1) is 15.2. The SMILES string of the molecule is CCCNC1(CO)CCC(Sc2ccccc2Cl)C1. The molecule has 2 rings (SSSR count). The first-order valence-corrected chi connectivity index (χ1v) is 8.22. The second kappa shape index (κ2) is 6.98. The van der Waals surface area contributed by atoms with Crippen LogP contribution >= 0.6 is 23.4 Å². The second-order valence-corrected chi connectivity index (χ2v) is 7.03. The van der Waals surface area contributed by atoms with Crippen molar-refractivity contribution in [2.75, 3.05) is 13.2 Å². The fourth-order valence-corrected chi connectivity index (χ4v) is 4.25. The van der Waals surface area contributed by atoms with E-state index >= 15 is 0 Å². The van der Waals surface area contributed by atoms with Gasteiger partial charge in [0.2, 0.25) is 0 Å². The second-order valence-electron chi connectivity index (χ2n) is 5.28. The summed E-state index contributed by atoms with van der Waals surface area (Å²) < 4.78 is 0. The molecule has 4 heteroatoms. The topological polar surface area (TPSA) is 32.3 Å². The minimum Gasteiger partial charge on any atom is -0.394 e. The van der Waals surface area contributed by atoms with Gasteiger partial charge in [-0.15, -0.1) is 11.8 Å². The minimum absolute atomic E-state index is 0.0745. The van der Waals surface area contributed by atoms with Gasteiger partial charge in [0, 0.05) is 15.7 Å². The number of halogens is 1. The highest BCUT2D eigenvalue weighted by molar-refractivity contribution is 8.00. The summed E-state index contributed by atoms with van der Waals surface area (Å²) in [5.74, 6) is 0. The Bertz CT molecular complexity index is 415. The number of hydrogen-bond donors (Lipinski definition) is 2. The molecule has 0 heterocycles. The fraction of sp³-hybridized carbons (Fsp3) is 0.600. The van der Waals surface area contributed by atoms with Crippen molar-refractivity contribution < 1.29 is 5.11 Å². The maximum absolute atomic E-state index is 9.68. The van der Waals surface area contributed by atoms with Crippen LogP contribution in [0.4, 0.5) is 0 Å². The lowest BCUT2D eigenvalue weighted by Gasteiger charge is -2.28.